The highest BCUT2D eigenvalue weighted by Crippen LogP contribution is 2.33. The van der Waals surface area contributed by atoms with Crippen LogP contribution in [0, 0.1) is 11.3 Å². The van der Waals surface area contributed by atoms with E-state index in [-0.39, 0.29) is 0 Å². The Balaban J connectivity index is 4.12. The van der Waals surface area contributed by atoms with Crippen LogP contribution in [0.2, 0.25) is 0 Å². The fourth-order valence-corrected chi connectivity index (χ4v) is 1.97. The molecule has 2 N–H and O–H groups in total. The molecule has 0 spiro atoms. The molecule has 0 aliphatic heterocycles. The van der Waals surface area contributed by atoms with E-state index >= 15 is 0 Å². The molecule has 1 unspecified atom stereocenters. The third-order valence-corrected chi connectivity index (χ3v) is 3.05. The summed E-state index contributed by atoms with van der Waals surface area (Å²) in [6, 6.07) is 0. The minimum atomic E-state index is 0.475. The van der Waals surface area contributed by atoms with E-state index in [1.807, 2.05) is 0 Å². The summed E-state index contributed by atoms with van der Waals surface area (Å²) in [5.74, 6) is 6.75. The Morgan fingerprint density at radius 1 is 1.29 bits per heavy atom. The largest absolute Gasteiger partial charge is 0.253 e. The molecule has 0 saturated heterocycles. The van der Waals surface area contributed by atoms with Crippen LogP contribution in [-0.2, 0) is 0 Å². The highest BCUT2D eigenvalue weighted by Gasteiger charge is 2.26. The van der Waals surface area contributed by atoms with Gasteiger partial charge in [-0.15, -0.1) is 0 Å². The average Bonchev–Trinajstić information content (AvgIpc) is 1.99. The van der Waals surface area contributed by atoms with Crippen molar-refractivity contribution in [3.63, 3.8) is 0 Å². The number of hydrogen-bond donors (Lipinski definition) is 1. The zero-order chi connectivity index (χ0) is 11.4. The zero-order valence-corrected chi connectivity index (χ0v) is 10.9. The van der Waals surface area contributed by atoms with Crippen molar-refractivity contribution in [3.05, 3.63) is 0 Å². The SMILES string of the molecule is CCC(C)(CC[N+](C)(C)N)CC(C)C. The van der Waals surface area contributed by atoms with Crippen LogP contribution in [0.15, 0.2) is 0 Å². The van der Waals surface area contributed by atoms with E-state index in [2.05, 4.69) is 41.8 Å². The lowest BCUT2D eigenvalue weighted by Crippen LogP contribution is -2.48. The van der Waals surface area contributed by atoms with Gasteiger partial charge in [-0.1, -0.05) is 34.1 Å². The lowest BCUT2D eigenvalue weighted by Gasteiger charge is -2.33. The molecule has 0 radical (unpaired) electrons. The molecule has 1 atom stereocenters. The number of rotatable bonds is 6. The molecule has 0 aliphatic rings. The van der Waals surface area contributed by atoms with Gasteiger partial charge in [0.25, 0.3) is 0 Å². The molecule has 0 rings (SSSR count). The van der Waals surface area contributed by atoms with E-state index in [9.17, 15) is 0 Å². The summed E-state index contributed by atoms with van der Waals surface area (Å²) in [4.78, 5) is 0. The van der Waals surface area contributed by atoms with Crippen molar-refractivity contribution in [3.8, 4) is 0 Å². The Hall–Kier alpha value is -0.0800. The molecular weight excluding hydrogens is 172 g/mol. The van der Waals surface area contributed by atoms with Crippen molar-refractivity contribution in [1.82, 2.24) is 0 Å². The van der Waals surface area contributed by atoms with Crippen LogP contribution in [0.25, 0.3) is 0 Å². The predicted octanol–water partition coefficient (Wildman–Crippen LogP) is 2.79. The second-order valence-electron chi connectivity index (χ2n) is 6.01. The maximum Gasteiger partial charge on any atom is 0.0961 e. The van der Waals surface area contributed by atoms with E-state index < -0.39 is 0 Å². The molecule has 0 heterocycles. The topological polar surface area (TPSA) is 26.0 Å². The van der Waals surface area contributed by atoms with Gasteiger partial charge in [0.2, 0.25) is 0 Å². The zero-order valence-electron chi connectivity index (χ0n) is 10.9. The van der Waals surface area contributed by atoms with Gasteiger partial charge in [0, 0.05) is 6.42 Å². The molecule has 0 aromatic carbocycles. The third-order valence-electron chi connectivity index (χ3n) is 3.05. The molecule has 0 saturated carbocycles. The van der Waals surface area contributed by atoms with Crippen molar-refractivity contribution in [2.45, 2.75) is 47.0 Å². The highest BCUT2D eigenvalue weighted by molar-refractivity contribution is 4.73. The second kappa shape index (κ2) is 5.13. The summed E-state index contributed by atoms with van der Waals surface area (Å²) in [5, 5.41) is 0. The first-order valence-corrected chi connectivity index (χ1v) is 5.80. The van der Waals surface area contributed by atoms with Gasteiger partial charge in [0.15, 0.2) is 0 Å². The van der Waals surface area contributed by atoms with Gasteiger partial charge in [-0.3, -0.25) is 4.59 Å². The van der Waals surface area contributed by atoms with Crippen LogP contribution in [0.1, 0.15) is 47.0 Å². The van der Waals surface area contributed by atoms with Crippen LogP contribution in [0.3, 0.4) is 0 Å². The van der Waals surface area contributed by atoms with Crippen molar-refractivity contribution in [2.24, 2.45) is 17.2 Å². The maximum absolute atomic E-state index is 5.97. The van der Waals surface area contributed by atoms with E-state index in [0.717, 1.165) is 12.5 Å². The first kappa shape index (κ1) is 13.9. The quantitative estimate of drug-likeness (QED) is 0.399. The van der Waals surface area contributed by atoms with Gasteiger partial charge in [0.1, 0.15) is 0 Å². The van der Waals surface area contributed by atoms with Gasteiger partial charge in [-0.2, -0.15) is 5.84 Å². The van der Waals surface area contributed by atoms with Gasteiger partial charge in [0.05, 0.1) is 20.6 Å². The van der Waals surface area contributed by atoms with E-state index in [4.69, 9.17) is 5.84 Å². The molecule has 0 aromatic rings. The smallest absolute Gasteiger partial charge is 0.0961 e. The molecule has 0 aliphatic carbocycles. The maximum atomic E-state index is 5.97. The van der Waals surface area contributed by atoms with Crippen molar-refractivity contribution in [1.29, 1.82) is 0 Å². The lowest BCUT2D eigenvalue weighted by atomic mass is 9.77. The van der Waals surface area contributed by atoms with Gasteiger partial charge >= 0.3 is 0 Å². The Morgan fingerprint density at radius 3 is 2.07 bits per heavy atom. The van der Waals surface area contributed by atoms with Gasteiger partial charge in [-0.25, -0.2) is 0 Å². The third kappa shape index (κ3) is 6.39. The molecular formula is C12H29N2+. The van der Waals surface area contributed by atoms with Crippen molar-refractivity contribution >= 4 is 0 Å². The van der Waals surface area contributed by atoms with Crippen LogP contribution >= 0.6 is 0 Å². The summed E-state index contributed by atoms with van der Waals surface area (Å²) in [5.41, 5.74) is 0.475. The highest BCUT2D eigenvalue weighted by atomic mass is 15.5. The molecule has 0 aromatic heterocycles. The summed E-state index contributed by atoms with van der Waals surface area (Å²) in [6.45, 7) is 10.4. The summed E-state index contributed by atoms with van der Waals surface area (Å²) < 4.78 is 0.591. The number of nitrogens with two attached hydrogens (primary N) is 1. The number of quaternary nitrogens is 1. The number of hydrogen-bond acceptors (Lipinski definition) is 1. The fraction of sp³-hybridized carbons (Fsp3) is 1.00. The van der Waals surface area contributed by atoms with E-state index in [1.54, 1.807) is 0 Å². The van der Waals surface area contributed by atoms with Gasteiger partial charge < -0.3 is 0 Å². The summed E-state index contributed by atoms with van der Waals surface area (Å²) in [6.07, 6.45) is 3.79. The van der Waals surface area contributed by atoms with Gasteiger partial charge in [-0.05, 0) is 17.8 Å². The summed E-state index contributed by atoms with van der Waals surface area (Å²) >= 11 is 0. The predicted molar refractivity (Wildman–Crippen MR) is 63.6 cm³/mol. The van der Waals surface area contributed by atoms with E-state index in [0.29, 0.717) is 10.0 Å². The molecule has 14 heavy (non-hydrogen) atoms. The molecule has 0 bridgehead atoms. The first-order valence-electron chi connectivity index (χ1n) is 5.80. The van der Waals surface area contributed by atoms with Crippen molar-refractivity contribution in [2.75, 3.05) is 20.6 Å². The minimum Gasteiger partial charge on any atom is -0.253 e. The number of nitrogens with zero attached hydrogens (tertiary/aromatic N) is 1. The normalized spacial score (nSPS) is 17.1. The molecule has 2 nitrogen and oxygen atoms in total. The Labute approximate surface area is 90.0 Å². The van der Waals surface area contributed by atoms with Crippen LogP contribution in [-0.4, -0.2) is 25.2 Å². The van der Waals surface area contributed by atoms with E-state index in [1.165, 1.54) is 19.3 Å². The van der Waals surface area contributed by atoms with Crippen molar-refractivity contribution < 1.29 is 4.59 Å². The Bertz CT molecular complexity index is 158. The molecule has 86 valence electrons. The molecule has 0 fully saturated rings. The first-order chi connectivity index (χ1) is 6.18. The van der Waals surface area contributed by atoms with Crippen LogP contribution in [0.5, 0.6) is 0 Å². The molecule has 0 amide bonds. The second-order valence-corrected chi connectivity index (χ2v) is 6.01. The van der Waals surface area contributed by atoms with Crippen LogP contribution < -0.4 is 5.84 Å². The molecule has 2 heteroatoms. The Morgan fingerprint density at radius 2 is 1.79 bits per heavy atom. The fourth-order valence-electron chi connectivity index (χ4n) is 1.97. The monoisotopic (exact) mass is 201 g/mol. The summed E-state index contributed by atoms with van der Waals surface area (Å²) in [7, 11) is 4.12. The average molecular weight is 201 g/mol. The lowest BCUT2D eigenvalue weighted by molar-refractivity contribution is -0.903. The minimum absolute atomic E-state index is 0.475. The van der Waals surface area contributed by atoms with Crippen LogP contribution in [0.4, 0.5) is 0 Å². The Kier molecular flexibility index (Phi) is 5.10. The standard InChI is InChI=1S/C12H29N2/c1-7-12(4,10-11(2)3)8-9-14(5,6)13/h11H,7-10,13H2,1-6H3/q+1.